The molecule has 7 heteroatoms. The summed E-state index contributed by atoms with van der Waals surface area (Å²) in [7, 11) is -3.71. The van der Waals surface area contributed by atoms with Crippen molar-refractivity contribution < 1.29 is 17.6 Å². The van der Waals surface area contributed by atoms with E-state index >= 15 is 0 Å². The van der Waals surface area contributed by atoms with E-state index in [0.29, 0.717) is 16.5 Å². The number of rotatable bonds is 6. The number of amides is 1. The molecule has 152 valence electrons. The van der Waals surface area contributed by atoms with Gasteiger partial charge in [-0.2, -0.15) is 0 Å². The van der Waals surface area contributed by atoms with Crippen LogP contribution in [0.2, 0.25) is 0 Å². The summed E-state index contributed by atoms with van der Waals surface area (Å²) in [6, 6.07) is 12.9. The number of carbonyl (C=O) groups excluding carboxylic acids is 1. The van der Waals surface area contributed by atoms with Gasteiger partial charge in [0.15, 0.2) is 9.84 Å². The van der Waals surface area contributed by atoms with Gasteiger partial charge in [0.05, 0.1) is 10.6 Å². The molecule has 0 atom stereocenters. The highest BCUT2D eigenvalue weighted by atomic mass is 32.2. The van der Waals surface area contributed by atoms with E-state index in [4.69, 9.17) is 0 Å². The average molecular weight is 415 g/mol. The van der Waals surface area contributed by atoms with Gasteiger partial charge in [0.2, 0.25) is 5.91 Å². The molecule has 1 N–H and O–H groups in total. The molecule has 0 aliphatic heterocycles. The third-order valence-corrected chi connectivity index (χ3v) is 7.08. The Kier molecular flexibility index (Phi) is 5.41. The minimum absolute atomic E-state index is 0.0620. The van der Waals surface area contributed by atoms with Gasteiger partial charge in [-0.1, -0.05) is 43.2 Å². The van der Waals surface area contributed by atoms with E-state index in [-0.39, 0.29) is 29.1 Å². The third-order valence-electron chi connectivity index (χ3n) is 5.37. The van der Waals surface area contributed by atoms with Gasteiger partial charge in [-0.15, -0.1) is 0 Å². The van der Waals surface area contributed by atoms with E-state index < -0.39 is 15.7 Å². The largest absolute Gasteiger partial charge is 0.352 e. The number of nitrogens with one attached hydrogen (secondary N) is 1. The Balaban J connectivity index is 1.63. The van der Waals surface area contributed by atoms with Crippen LogP contribution in [0.25, 0.3) is 10.9 Å². The zero-order chi connectivity index (χ0) is 20.4. The SMILES string of the molecule is O=C(Cn1cc(S(=O)(=O)Cc2cccc(F)c2)c2ccccc21)NC1CCCC1. The van der Waals surface area contributed by atoms with E-state index in [0.717, 1.165) is 25.7 Å². The zero-order valence-electron chi connectivity index (χ0n) is 16.0. The summed E-state index contributed by atoms with van der Waals surface area (Å²) in [5, 5.41) is 3.60. The van der Waals surface area contributed by atoms with Crippen molar-refractivity contribution in [3.63, 3.8) is 0 Å². The lowest BCUT2D eigenvalue weighted by atomic mass is 10.2. The summed E-state index contributed by atoms with van der Waals surface area (Å²) >= 11 is 0. The van der Waals surface area contributed by atoms with Crippen LogP contribution in [-0.2, 0) is 26.9 Å². The third kappa shape index (κ3) is 4.34. The van der Waals surface area contributed by atoms with Crippen LogP contribution >= 0.6 is 0 Å². The molecule has 4 rings (SSSR count). The lowest BCUT2D eigenvalue weighted by Gasteiger charge is -2.12. The molecule has 3 aromatic rings. The number of hydrogen-bond acceptors (Lipinski definition) is 3. The molecule has 1 aliphatic rings. The highest BCUT2D eigenvalue weighted by molar-refractivity contribution is 7.90. The highest BCUT2D eigenvalue weighted by Gasteiger charge is 2.23. The summed E-state index contributed by atoms with van der Waals surface area (Å²) in [5.41, 5.74) is 1.08. The van der Waals surface area contributed by atoms with Crippen molar-refractivity contribution in [1.29, 1.82) is 0 Å². The van der Waals surface area contributed by atoms with Crippen molar-refractivity contribution in [1.82, 2.24) is 9.88 Å². The molecule has 5 nitrogen and oxygen atoms in total. The first-order chi connectivity index (χ1) is 13.9. The molecular weight excluding hydrogens is 391 g/mol. The summed E-state index contributed by atoms with van der Waals surface area (Å²) < 4.78 is 41.3. The Bertz CT molecular complexity index is 1150. The first-order valence-electron chi connectivity index (χ1n) is 9.77. The summed E-state index contributed by atoms with van der Waals surface area (Å²) in [4.78, 5) is 12.6. The van der Waals surface area contributed by atoms with Crippen molar-refractivity contribution in [3.8, 4) is 0 Å². The van der Waals surface area contributed by atoms with Gasteiger partial charge >= 0.3 is 0 Å². The van der Waals surface area contributed by atoms with Gasteiger partial charge in [-0.05, 0) is 36.6 Å². The van der Waals surface area contributed by atoms with Crippen LogP contribution in [0, 0.1) is 5.82 Å². The number of aromatic nitrogens is 1. The molecule has 0 bridgehead atoms. The predicted molar refractivity (Wildman–Crippen MR) is 110 cm³/mol. The molecule has 1 fully saturated rings. The zero-order valence-corrected chi connectivity index (χ0v) is 16.8. The van der Waals surface area contributed by atoms with Crippen molar-refractivity contribution in [3.05, 3.63) is 66.1 Å². The minimum Gasteiger partial charge on any atom is -0.352 e. The minimum atomic E-state index is -3.71. The summed E-state index contributed by atoms with van der Waals surface area (Å²) in [5.74, 6) is -0.886. The fourth-order valence-electron chi connectivity index (χ4n) is 4.01. The van der Waals surface area contributed by atoms with Gasteiger partial charge < -0.3 is 9.88 Å². The Morgan fingerprint density at radius 1 is 1.10 bits per heavy atom. The van der Waals surface area contributed by atoms with Crippen molar-refractivity contribution in [2.75, 3.05) is 0 Å². The summed E-state index contributed by atoms with van der Waals surface area (Å²) in [6.45, 7) is 0.0620. The highest BCUT2D eigenvalue weighted by Crippen LogP contribution is 2.28. The van der Waals surface area contributed by atoms with Gasteiger partial charge in [-0.3, -0.25) is 4.79 Å². The average Bonchev–Trinajstić information content (AvgIpc) is 3.30. The van der Waals surface area contributed by atoms with Crippen LogP contribution in [0.15, 0.2) is 59.6 Å². The van der Waals surface area contributed by atoms with Crippen LogP contribution in [-0.4, -0.2) is 24.9 Å². The van der Waals surface area contributed by atoms with Gasteiger partial charge in [0, 0.05) is 23.1 Å². The topological polar surface area (TPSA) is 68.2 Å². The number of sulfone groups is 1. The molecular formula is C22H23FN2O3S. The molecule has 0 radical (unpaired) electrons. The molecule has 0 spiro atoms. The van der Waals surface area contributed by atoms with Crippen LogP contribution in [0.3, 0.4) is 0 Å². The number of halogens is 1. The van der Waals surface area contributed by atoms with Crippen LogP contribution in [0.1, 0.15) is 31.2 Å². The predicted octanol–water partition coefficient (Wildman–Crippen LogP) is 3.81. The molecule has 1 aromatic heterocycles. The van der Waals surface area contributed by atoms with E-state index in [2.05, 4.69) is 5.32 Å². The van der Waals surface area contributed by atoms with E-state index in [1.165, 1.54) is 24.4 Å². The normalized spacial score (nSPS) is 15.1. The van der Waals surface area contributed by atoms with Gasteiger partial charge in [0.1, 0.15) is 12.4 Å². The monoisotopic (exact) mass is 414 g/mol. The molecule has 29 heavy (non-hydrogen) atoms. The molecule has 0 saturated heterocycles. The quantitative estimate of drug-likeness (QED) is 0.667. The van der Waals surface area contributed by atoms with E-state index in [1.54, 1.807) is 28.8 Å². The summed E-state index contributed by atoms with van der Waals surface area (Å²) in [6.07, 6.45) is 5.75. The maximum atomic E-state index is 13.5. The first-order valence-corrected chi connectivity index (χ1v) is 11.4. The second kappa shape index (κ2) is 7.99. The molecule has 1 saturated carbocycles. The fourth-order valence-corrected chi connectivity index (χ4v) is 5.58. The number of hydrogen-bond donors (Lipinski definition) is 1. The smallest absolute Gasteiger partial charge is 0.240 e. The van der Waals surface area contributed by atoms with Crippen molar-refractivity contribution in [2.24, 2.45) is 0 Å². The van der Waals surface area contributed by atoms with E-state index in [9.17, 15) is 17.6 Å². The number of carbonyl (C=O) groups is 1. The number of nitrogens with zero attached hydrogens (tertiary/aromatic N) is 1. The molecule has 1 amide bonds. The second-order valence-electron chi connectivity index (χ2n) is 7.58. The van der Waals surface area contributed by atoms with Crippen LogP contribution in [0.4, 0.5) is 4.39 Å². The number of benzene rings is 2. The van der Waals surface area contributed by atoms with E-state index in [1.807, 2.05) is 6.07 Å². The lowest BCUT2D eigenvalue weighted by Crippen LogP contribution is -2.35. The lowest BCUT2D eigenvalue weighted by molar-refractivity contribution is -0.122. The molecule has 1 heterocycles. The van der Waals surface area contributed by atoms with Crippen LogP contribution < -0.4 is 5.32 Å². The molecule has 0 unspecified atom stereocenters. The standard InChI is InChI=1S/C22H23FN2O3S/c23-17-7-5-6-16(12-17)15-29(27,28)21-13-25(20-11-4-3-10-19(20)21)14-22(26)24-18-8-1-2-9-18/h3-7,10-13,18H,1-2,8-9,14-15H2,(H,24,26). The van der Waals surface area contributed by atoms with Crippen LogP contribution in [0.5, 0.6) is 0 Å². The Labute approximate surface area is 169 Å². The number of fused-ring (bicyclic) bond motifs is 1. The fraction of sp³-hybridized carbons (Fsp3) is 0.318. The Morgan fingerprint density at radius 3 is 2.62 bits per heavy atom. The molecule has 1 aliphatic carbocycles. The van der Waals surface area contributed by atoms with Gasteiger partial charge in [-0.25, -0.2) is 12.8 Å². The maximum Gasteiger partial charge on any atom is 0.240 e. The van der Waals surface area contributed by atoms with Crippen molar-refractivity contribution >= 4 is 26.6 Å². The number of para-hydroxylation sites is 1. The maximum absolute atomic E-state index is 13.5. The van der Waals surface area contributed by atoms with Crippen molar-refractivity contribution in [2.45, 2.75) is 48.9 Å². The first kappa shape index (κ1) is 19.6. The Hall–Kier alpha value is -2.67. The molecule has 2 aromatic carbocycles. The Morgan fingerprint density at radius 2 is 1.86 bits per heavy atom. The van der Waals surface area contributed by atoms with Gasteiger partial charge in [0.25, 0.3) is 0 Å². The second-order valence-corrected chi connectivity index (χ2v) is 9.53.